The lowest BCUT2D eigenvalue weighted by atomic mass is 9.86. The fraction of sp³-hybridized carbons (Fsp3) is 0.812. The van der Waals surface area contributed by atoms with Gasteiger partial charge in [-0.1, -0.05) is 57.1 Å². The number of aromatic carboxylic acids is 1. The number of unbranched alkanes of at least 4 members (excludes halogenated alkanes) is 4. The summed E-state index contributed by atoms with van der Waals surface area (Å²) >= 11 is 0. The molecule has 0 unspecified atom stereocenters. The quantitative estimate of drug-likeness (QED) is 0.736. The molecule has 1 aliphatic rings. The van der Waals surface area contributed by atoms with Gasteiger partial charge in [0.1, 0.15) is 0 Å². The Kier molecular flexibility index (Phi) is 6.21. The summed E-state index contributed by atoms with van der Waals surface area (Å²) in [6.07, 6.45) is 11.8. The van der Waals surface area contributed by atoms with E-state index >= 15 is 0 Å². The molecule has 0 amide bonds. The normalized spacial score (nSPS) is 16.2. The summed E-state index contributed by atoms with van der Waals surface area (Å²) in [5, 5.41) is 17.4. The molecule has 5 nitrogen and oxygen atoms in total. The number of aromatic nitrogens is 3. The number of rotatable bonds is 8. The van der Waals surface area contributed by atoms with Crippen molar-refractivity contribution in [2.75, 3.05) is 0 Å². The van der Waals surface area contributed by atoms with Gasteiger partial charge in [0.05, 0.1) is 5.69 Å². The maximum absolute atomic E-state index is 11.4. The lowest BCUT2D eigenvalue weighted by Crippen LogP contribution is -2.15. The van der Waals surface area contributed by atoms with Gasteiger partial charge in [-0.05, 0) is 19.3 Å². The zero-order chi connectivity index (χ0) is 15.1. The first-order valence-electron chi connectivity index (χ1n) is 8.40. The topological polar surface area (TPSA) is 68.0 Å². The summed E-state index contributed by atoms with van der Waals surface area (Å²) < 4.78 is 1.87. The molecule has 1 fully saturated rings. The van der Waals surface area contributed by atoms with Crippen LogP contribution in [0.1, 0.15) is 93.2 Å². The second-order valence-corrected chi connectivity index (χ2v) is 6.10. The molecule has 0 saturated heterocycles. The van der Waals surface area contributed by atoms with E-state index in [-0.39, 0.29) is 5.69 Å². The lowest BCUT2D eigenvalue weighted by molar-refractivity contribution is 0.0688. The molecule has 118 valence electrons. The molecule has 0 spiro atoms. The zero-order valence-electron chi connectivity index (χ0n) is 13.1. The van der Waals surface area contributed by atoms with Gasteiger partial charge in [-0.3, -0.25) is 0 Å². The van der Waals surface area contributed by atoms with E-state index in [2.05, 4.69) is 17.2 Å². The minimum Gasteiger partial charge on any atom is -0.476 e. The van der Waals surface area contributed by atoms with Crippen LogP contribution in [0.3, 0.4) is 0 Å². The molecule has 0 atom stereocenters. The molecule has 1 aliphatic carbocycles. The molecule has 1 heterocycles. The summed E-state index contributed by atoms with van der Waals surface area (Å²) in [6.45, 7) is 3.01. The third-order valence-corrected chi connectivity index (χ3v) is 4.44. The van der Waals surface area contributed by atoms with Gasteiger partial charge >= 0.3 is 5.97 Å². The predicted molar refractivity (Wildman–Crippen MR) is 81.6 cm³/mol. The summed E-state index contributed by atoms with van der Waals surface area (Å²) in [5.74, 6) is -0.608. The fourth-order valence-corrected chi connectivity index (χ4v) is 3.28. The minimum absolute atomic E-state index is 0.176. The molecule has 21 heavy (non-hydrogen) atoms. The van der Waals surface area contributed by atoms with Crippen LogP contribution in [0.4, 0.5) is 0 Å². The Morgan fingerprint density at radius 2 is 1.90 bits per heavy atom. The highest BCUT2D eigenvalue weighted by molar-refractivity contribution is 5.86. The third kappa shape index (κ3) is 4.29. The summed E-state index contributed by atoms with van der Waals surface area (Å²) in [5.41, 5.74) is 1.05. The Hall–Kier alpha value is -1.39. The standard InChI is InChI=1S/C16H27N3O2/c1-2-3-4-5-9-12-19-15(13-10-7-6-8-11-13)14(16(20)21)17-18-19/h13H,2-12H2,1H3,(H,20,21). The van der Waals surface area contributed by atoms with Crippen molar-refractivity contribution in [2.24, 2.45) is 0 Å². The van der Waals surface area contributed by atoms with E-state index in [9.17, 15) is 9.90 Å². The van der Waals surface area contributed by atoms with Gasteiger partial charge in [-0.15, -0.1) is 5.10 Å². The van der Waals surface area contributed by atoms with Gasteiger partial charge in [0, 0.05) is 12.5 Å². The van der Waals surface area contributed by atoms with Crippen LogP contribution in [0, 0.1) is 0 Å². The number of hydrogen-bond acceptors (Lipinski definition) is 3. The molecule has 0 radical (unpaired) electrons. The number of carboxylic acid groups (broad SMARTS) is 1. The largest absolute Gasteiger partial charge is 0.476 e. The number of aryl methyl sites for hydroxylation is 1. The SMILES string of the molecule is CCCCCCCn1nnc(C(=O)O)c1C1CCCCC1. The lowest BCUT2D eigenvalue weighted by Gasteiger charge is -2.22. The summed E-state index contributed by atoms with van der Waals surface area (Å²) in [6, 6.07) is 0. The second kappa shape index (κ2) is 8.15. The van der Waals surface area contributed by atoms with Gasteiger partial charge in [-0.2, -0.15) is 0 Å². The highest BCUT2D eigenvalue weighted by Crippen LogP contribution is 2.34. The van der Waals surface area contributed by atoms with Crippen LogP contribution in [-0.2, 0) is 6.54 Å². The Labute approximate surface area is 126 Å². The highest BCUT2D eigenvalue weighted by Gasteiger charge is 2.27. The smallest absolute Gasteiger partial charge is 0.358 e. The van der Waals surface area contributed by atoms with Gasteiger partial charge in [0.15, 0.2) is 5.69 Å². The number of carboxylic acids is 1. The van der Waals surface area contributed by atoms with Crippen molar-refractivity contribution in [3.63, 3.8) is 0 Å². The number of nitrogens with zero attached hydrogens (tertiary/aromatic N) is 3. The second-order valence-electron chi connectivity index (χ2n) is 6.10. The Morgan fingerprint density at radius 1 is 1.19 bits per heavy atom. The van der Waals surface area contributed by atoms with Crippen LogP contribution in [0.15, 0.2) is 0 Å². The van der Waals surface area contributed by atoms with Crippen LogP contribution < -0.4 is 0 Å². The average Bonchev–Trinajstić information content (AvgIpc) is 2.92. The van der Waals surface area contributed by atoms with Crippen molar-refractivity contribution < 1.29 is 9.90 Å². The maximum atomic E-state index is 11.4. The number of carbonyl (C=O) groups is 1. The Balaban J connectivity index is 2.03. The van der Waals surface area contributed by atoms with Crippen LogP contribution >= 0.6 is 0 Å². The first kappa shape index (κ1) is 16.0. The first-order valence-corrected chi connectivity index (χ1v) is 8.40. The van der Waals surface area contributed by atoms with E-state index in [1.165, 1.54) is 44.9 Å². The van der Waals surface area contributed by atoms with Crippen molar-refractivity contribution in [1.29, 1.82) is 0 Å². The van der Waals surface area contributed by atoms with Crippen molar-refractivity contribution in [2.45, 2.75) is 83.6 Å². The molecular formula is C16H27N3O2. The average molecular weight is 293 g/mol. The molecule has 1 saturated carbocycles. The van der Waals surface area contributed by atoms with Crippen LogP contribution in [0.2, 0.25) is 0 Å². The van der Waals surface area contributed by atoms with E-state index in [1.54, 1.807) is 0 Å². The molecule has 0 aliphatic heterocycles. The van der Waals surface area contributed by atoms with Crippen LogP contribution in [-0.4, -0.2) is 26.1 Å². The fourth-order valence-electron chi connectivity index (χ4n) is 3.28. The van der Waals surface area contributed by atoms with Gasteiger partial charge in [-0.25, -0.2) is 9.48 Å². The third-order valence-electron chi connectivity index (χ3n) is 4.44. The molecule has 2 rings (SSSR count). The van der Waals surface area contributed by atoms with Crippen molar-refractivity contribution in [3.05, 3.63) is 11.4 Å². The highest BCUT2D eigenvalue weighted by atomic mass is 16.4. The van der Waals surface area contributed by atoms with Crippen molar-refractivity contribution in [1.82, 2.24) is 15.0 Å². The van der Waals surface area contributed by atoms with Gasteiger partial charge in [0.25, 0.3) is 0 Å². The molecule has 1 N–H and O–H groups in total. The molecular weight excluding hydrogens is 266 g/mol. The maximum Gasteiger partial charge on any atom is 0.358 e. The Bertz CT molecular complexity index is 450. The van der Waals surface area contributed by atoms with Crippen LogP contribution in [0.25, 0.3) is 0 Å². The number of hydrogen-bond donors (Lipinski definition) is 1. The minimum atomic E-state index is -0.937. The predicted octanol–water partition coefficient (Wildman–Crippen LogP) is 3.99. The van der Waals surface area contributed by atoms with Crippen molar-refractivity contribution >= 4 is 5.97 Å². The molecule has 1 aromatic rings. The molecule has 1 aromatic heterocycles. The van der Waals surface area contributed by atoms with Gasteiger partial charge in [0.2, 0.25) is 0 Å². The van der Waals surface area contributed by atoms with Gasteiger partial charge < -0.3 is 5.11 Å². The summed E-state index contributed by atoms with van der Waals surface area (Å²) in [7, 11) is 0. The summed E-state index contributed by atoms with van der Waals surface area (Å²) in [4.78, 5) is 11.4. The van der Waals surface area contributed by atoms with E-state index in [0.717, 1.165) is 31.5 Å². The van der Waals surface area contributed by atoms with E-state index in [1.807, 2.05) is 4.68 Å². The van der Waals surface area contributed by atoms with E-state index in [0.29, 0.717) is 5.92 Å². The first-order chi connectivity index (χ1) is 10.2. The zero-order valence-corrected chi connectivity index (χ0v) is 13.1. The van der Waals surface area contributed by atoms with Crippen LogP contribution in [0.5, 0.6) is 0 Å². The monoisotopic (exact) mass is 293 g/mol. The van der Waals surface area contributed by atoms with E-state index in [4.69, 9.17) is 0 Å². The molecule has 5 heteroatoms. The van der Waals surface area contributed by atoms with E-state index < -0.39 is 5.97 Å². The molecule has 0 aromatic carbocycles. The van der Waals surface area contributed by atoms with Crippen molar-refractivity contribution in [3.8, 4) is 0 Å². The Morgan fingerprint density at radius 3 is 2.57 bits per heavy atom. The molecule has 0 bridgehead atoms.